The molecule has 192 valence electrons. The molecule has 0 spiro atoms. The number of hydrogen-bond acceptors (Lipinski definition) is 6. The molecule has 2 aromatic carbocycles. The van der Waals surface area contributed by atoms with Gasteiger partial charge in [-0.1, -0.05) is 56.0 Å². The van der Waals surface area contributed by atoms with Gasteiger partial charge in [0.05, 0.1) is 5.39 Å². The molecule has 0 aliphatic rings. The van der Waals surface area contributed by atoms with E-state index >= 15 is 0 Å². The number of pyridine rings is 1. The van der Waals surface area contributed by atoms with E-state index < -0.39 is 5.91 Å². The van der Waals surface area contributed by atoms with Crippen molar-refractivity contribution < 1.29 is 4.79 Å². The number of aryl methyl sites for hydroxylation is 2. The minimum atomic E-state index is -0.646. The zero-order chi connectivity index (χ0) is 27.1. The maximum Gasteiger partial charge on any atom is 0.263 e. The van der Waals surface area contributed by atoms with Crippen LogP contribution >= 0.6 is 0 Å². The topological polar surface area (TPSA) is 125 Å². The fourth-order valence-electron chi connectivity index (χ4n) is 4.12. The number of nitrogen functional groups attached to an aromatic ring is 1. The average molecular weight is 500 g/mol. The van der Waals surface area contributed by atoms with Gasteiger partial charge in [-0.2, -0.15) is 5.10 Å². The van der Waals surface area contributed by atoms with E-state index in [9.17, 15) is 9.59 Å². The molecule has 0 saturated carbocycles. The van der Waals surface area contributed by atoms with Crippen LogP contribution in [-0.2, 0) is 20.0 Å². The van der Waals surface area contributed by atoms with Gasteiger partial charge in [0.15, 0.2) is 11.6 Å². The van der Waals surface area contributed by atoms with Crippen molar-refractivity contribution >= 4 is 34.5 Å². The number of anilines is 1. The Balaban J connectivity index is 0.000000233. The number of primary amides is 1. The van der Waals surface area contributed by atoms with Crippen LogP contribution in [0.5, 0.6) is 0 Å². The fraction of sp³-hybridized carbons (Fsp3) is 0.214. The van der Waals surface area contributed by atoms with Crippen molar-refractivity contribution in [3.05, 3.63) is 94.4 Å². The van der Waals surface area contributed by atoms with Crippen molar-refractivity contribution in [1.29, 1.82) is 0 Å². The summed E-state index contributed by atoms with van der Waals surface area (Å²) in [6, 6.07) is 18.1. The summed E-state index contributed by atoms with van der Waals surface area (Å²) in [5.74, 6) is -0.238. The Hall–Kier alpha value is -4.50. The number of nitrogens with two attached hydrogens (primary N) is 2. The molecule has 37 heavy (non-hydrogen) atoms. The van der Waals surface area contributed by atoms with Gasteiger partial charge in [0.25, 0.3) is 11.5 Å². The molecule has 0 radical (unpaired) electrons. The summed E-state index contributed by atoms with van der Waals surface area (Å²) in [6.45, 7) is 6.30. The van der Waals surface area contributed by atoms with Crippen molar-refractivity contribution in [1.82, 2.24) is 19.2 Å². The van der Waals surface area contributed by atoms with Crippen molar-refractivity contribution in [2.75, 3.05) is 19.8 Å². The highest BCUT2D eigenvalue weighted by Crippen LogP contribution is 2.23. The number of para-hydroxylation sites is 1. The largest absolute Gasteiger partial charge is 0.381 e. The van der Waals surface area contributed by atoms with Gasteiger partial charge in [-0.25, -0.2) is 9.67 Å². The molecule has 0 aliphatic carbocycles. The number of carbonyl (C=O) groups excluding carboxylic acids is 1. The number of hydrogen-bond donors (Lipinski definition) is 2. The van der Waals surface area contributed by atoms with Gasteiger partial charge in [-0.15, -0.1) is 0 Å². The number of nitrogens with zero attached hydrogens (tertiary/aromatic N) is 5. The molecule has 4 N–H and O–H groups in total. The highest BCUT2D eigenvalue weighted by Gasteiger charge is 2.17. The van der Waals surface area contributed by atoms with E-state index in [0.29, 0.717) is 5.82 Å². The number of allylic oxidation sites excluding steroid dienone is 1. The summed E-state index contributed by atoms with van der Waals surface area (Å²) >= 11 is 0. The van der Waals surface area contributed by atoms with Gasteiger partial charge in [0.1, 0.15) is 5.56 Å². The van der Waals surface area contributed by atoms with Crippen molar-refractivity contribution in [3.63, 3.8) is 0 Å². The lowest BCUT2D eigenvalue weighted by Gasteiger charge is -2.16. The van der Waals surface area contributed by atoms with E-state index in [1.54, 1.807) is 7.05 Å². The predicted octanol–water partition coefficient (Wildman–Crippen LogP) is 3.60. The third-order valence-electron chi connectivity index (χ3n) is 5.67. The van der Waals surface area contributed by atoms with Crippen LogP contribution in [0, 0.1) is 0 Å². The highest BCUT2D eigenvalue weighted by molar-refractivity contribution is 6.02. The maximum absolute atomic E-state index is 13.3. The molecular formula is C28H33N7O2. The van der Waals surface area contributed by atoms with Crippen molar-refractivity contribution in [3.8, 4) is 5.69 Å². The minimum Gasteiger partial charge on any atom is -0.381 e. The lowest BCUT2D eigenvalue weighted by molar-refractivity contribution is 0.100. The third-order valence-corrected chi connectivity index (χ3v) is 5.67. The molecule has 0 fully saturated rings. The molecule has 1 amide bonds. The van der Waals surface area contributed by atoms with Gasteiger partial charge in [0.2, 0.25) is 0 Å². The Labute approximate surface area is 216 Å². The second-order valence-electron chi connectivity index (χ2n) is 8.67. The quantitative estimate of drug-likeness (QED) is 0.376. The molecule has 4 rings (SSSR count). The first-order valence-corrected chi connectivity index (χ1v) is 11.8. The van der Waals surface area contributed by atoms with E-state index in [4.69, 9.17) is 11.5 Å². The predicted molar refractivity (Wildman–Crippen MR) is 151 cm³/mol. The lowest BCUT2D eigenvalue weighted by atomic mass is 10.0. The molecule has 0 saturated heterocycles. The van der Waals surface area contributed by atoms with Gasteiger partial charge < -0.3 is 16.4 Å². The van der Waals surface area contributed by atoms with E-state index in [1.165, 1.54) is 17.0 Å². The number of aromatic nitrogens is 3. The first kappa shape index (κ1) is 27.1. The standard InChI is InChI=1S/C20H22N2O.C8H11N5O/c1-4-17-13-15-9-8-10-16(14-21(2)3)19(15)20(23)22(17)18-11-6-5-7-12-18;1-3-4-11-8-5(7(10)14)6(9)12-13(8)2/h5-13H,4,14H2,1-3H3;3-4H,1H2,2H3,(H2,9,12)(H2,10,14)/b;11-4-. The van der Waals surface area contributed by atoms with Crippen LogP contribution in [0.2, 0.25) is 0 Å². The van der Waals surface area contributed by atoms with Crippen LogP contribution < -0.4 is 17.0 Å². The van der Waals surface area contributed by atoms with Crippen LogP contribution in [0.4, 0.5) is 11.6 Å². The number of carbonyl (C=O) groups is 1. The second kappa shape index (κ2) is 12.0. The number of fused-ring (bicyclic) bond motifs is 1. The average Bonchev–Trinajstić information content (AvgIpc) is 3.15. The molecule has 9 nitrogen and oxygen atoms in total. The third kappa shape index (κ3) is 6.02. The summed E-state index contributed by atoms with van der Waals surface area (Å²) in [5.41, 5.74) is 13.9. The first-order valence-electron chi connectivity index (χ1n) is 11.8. The zero-order valence-electron chi connectivity index (χ0n) is 21.7. The second-order valence-corrected chi connectivity index (χ2v) is 8.67. The van der Waals surface area contributed by atoms with E-state index in [0.717, 1.165) is 40.7 Å². The Kier molecular flexibility index (Phi) is 8.76. The fourth-order valence-corrected chi connectivity index (χ4v) is 4.12. The molecule has 0 unspecified atom stereocenters. The first-order chi connectivity index (χ1) is 17.7. The van der Waals surface area contributed by atoms with Crippen molar-refractivity contribution in [2.24, 2.45) is 17.8 Å². The van der Waals surface area contributed by atoms with Gasteiger partial charge in [0, 0.05) is 31.2 Å². The highest BCUT2D eigenvalue weighted by atomic mass is 16.1. The Morgan fingerprint density at radius 1 is 1.16 bits per heavy atom. The number of amides is 1. The summed E-state index contributed by atoms with van der Waals surface area (Å²) in [4.78, 5) is 30.3. The maximum atomic E-state index is 13.3. The number of rotatable bonds is 7. The van der Waals surface area contributed by atoms with E-state index in [2.05, 4.69) is 34.6 Å². The summed E-state index contributed by atoms with van der Waals surface area (Å²) in [7, 11) is 5.67. The Morgan fingerprint density at radius 2 is 1.86 bits per heavy atom. The molecule has 0 atom stereocenters. The van der Waals surface area contributed by atoms with Crippen LogP contribution in [0.3, 0.4) is 0 Å². The normalized spacial score (nSPS) is 11.1. The van der Waals surface area contributed by atoms with Gasteiger partial charge in [-0.3, -0.25) is 14.2 Å². The smallest absolute Gasteiger partial charge is 0.263 e. The molecule has 2 aromatic heterocycles. The summed E-state index contributed by atoms with van der Waals surface area (Å²) in [5, 5.41) is 5.68. The SMILES string of the molecule is C=C/C=N\c1c(C(N)=O)c(N)nn1C.CCc1cc2cccc(CN(C)C)c2c(=O)n1-c1ccccc1. The molecule has 9 heteroatoms. The van der Waals surface area contributed by atoms with Crippen LogP contribution in [-0.4, -0.2) is 45.5 Å². The van der Waals surface area contributed by atoms with Gasteiger partial charge >= 0.3 is 0 Å². The van der Waals surface area contributed by atoms with Crippen molar-refractivity contribution in [2.45, 2.75) is 19.9 Å². The molecular weight excluding hydrogens is 466 g/mol. The van der Waals surface area contributed by atoms with E-state index in [-0.39, 0.29) is 16.9 Å². The monoisotopic (exact) mass is 499 g/mol. The van der Waals surface area contributed by atoms with Crippen LogP contribution in [0.15, 0.2) is 77.0 Å². The van der Waals surface area contributed by atoms with Gasteiger partial charge in [-0.05, 0) is 49.7 Å². The van der Waals surface area contributed by atoms with E-state index in [1.807, 2.05) is 67.2 Å². The number of aliphatic imine (C=N–C) groups is 1. The number of benzene rings is 2. The summed E-state index contributed by atoms with van der Waals surface area (Å²) < 4.78 is 3.23. The minimum absolute atomic E-state index is 0.0722. The molecule has 0 bridgehead atoms. The molecule has 2 heterocycles. The summed E-state index contributed by atoms with van der Waals surface area (Å²) in [6.07, 6.45) is 3.73. The van der Waals surface area contributed by atoms with Crippen LogP contribution in [0.25, 0.3) is 16.5 Å². The Morgan fingerprint density at radius 3 is 2.46 bits per heavy atom. The molecule has 0 aliphatic heterocycles. The molecule has 4 aromatic rings. The lowest BCUT2D eigenvalue weighted by Crippen LogP contribution is -2.23. The Bertz CT molecular complexity index is 1500. The van der Waals surface area contributed by atoms with Crippen LogP contribution in [0.1, 0.15) is 28.5 Å². The zero-order valence-corrected chi connectivity index (χ0v) is 21.7.